The van der Waals surface area contributed by atoms with E-state index in [1.165, 1.54) is 22.2 Å². The zero-order valence-electron chi connectivity index (χ0n) is 16.7. The quantitative estimate of drug-likeness (QED) is 0.440. The highest BCUT2D eigenvalue weighted by atomic mass is 32.2. The molecule has 6 rings (SSSR count). The molecule has 4 heterocycles. The Morgan fingerprint density at radius 1 is 0.933 bits per heavy atom. The number of aromatic nitrogens is 2. The van der Waals surface area contributed by atoms with Gasteiger partial charge in [-0.1, -0.05) is 55.1 Å². The molecule has 0 unspecified atom stereocenters. The lowest BCUT2D eigenvalue weighted by Gasteiger charge is -2.28. The van der Waals surface area contributed by atoms with E-state index in [4.69, 9.17) is 4.99 Å². The Hall–Kier alpha value is -3.05. The van der Waals surface area contributed by atoms with E-state index < -0.39 is 0 Å². The van der Waals surface area contributed by atoms with Crippen LogP contribution in [0, 0.1) is 0 Å². The predicted molar refractivity (Wildman–Crippen MR) is 124 cm³/mol. The molecular formula is C25H22N4S. The summed E-state index contributed by atoms with van der Waals surface area (Å²) in [6.07, 6.45) is 4.04. The van der Waals surface area contributed by atoms with Crippen molar-refractivity contribution in [2.75, 3.05) is 6.54 Å². The maximum Gasteiger partial charge on any atom is 0.160 e. The van der Waals surface area contributed by atoms with Gasteiger partial charge in [0.25, 0.3) is 0 Å². The number of rotatable bonds is 3. The number of benzene rings is 2. The zero-order valence-corrected chi connectivity index (χ0v) is 17.5. The number of pyridine rings is 1. The van der Waals surface area contributed by atoms with Crippen molar-refractivity contribution >= 4 is 27.7 Å². The third-order valence-corrected chi connectivity index (χ3v) is 7.08. The normalized spacial score (nSPS) is 23.0. The van der Waals surface area contributed by atoms with Gasteiger partial charge in [-0.15, -0.1) is 0 Å². The van der Waals surface area contributed by atoms with Crippen LogP contribution in [-0.2, 0) is 0 Å². The fraction of sp³-hybridized carbons (Fsp3) is 0.200. The van der Waals surface area contributed by atoms with Gasteiger partial charge in [-0.05, 0) is 47.2 Å². The van der Waals surface area contributed by atoms with Crippen LogP contribution in [0.5, 0.6) is 0 Å². The fourth-order valence-corrected chi connectivity index (χ4v) is 5.73. The van der Waals surface area contributed by atoms with Crippen molar-refractivity contribution in [1.29, 1.82) is 0 Å². The summed E-state index contributed by atoms with van der Waals surface area (Å²) in [5, 5.41) is 4.22. The maximum absolute atomic E-state index is 5.12. The van der Waals surface area contributed by atoms with Crippen molar-refractivity contribution < 1.29 is 0 Å². The highest BCUT2D eigenvalue weighted by Gasteiger charge is 2.44. The number of aliphatic imine (C=N–C) groups is 1. The third kappa shape index (κ3) is 2.84. The first-order valence-corrected chi connectivity index (χ1v) is 11.2. The number of nitrogens with zero attached hydrogens (tertiary/aromatic N) is 4. The molecule has 2 aliphatic heterocycles. The molecule has 5 heteroatoms. The Labute approximate surface area is 180 Å². The molecule has 2 aromatic carbocycles. The number of amidine groups is 1. The maximum atomic E-state index is 5.12. The van der Waals surface area contributed by atoms with Crippen LogP contribution >= 0.6 is 11.8 Å². The largest absolute Gasteiger partial charge is 0.339 e. The lowest BCUT2D eigenvalue weighted by molar-refractivity contribution is 0.312. The molecule has 1 saturated heterocycles. The van der Waals surface area contributed by atoms with Crippen LogP contribution in [0.3, 0.4) is 0 Å². The van der Waals surface area contributed by atoms with Crippen molar-refractivity contribution in [3.05, 3.63) is 96.6 Å². The number of hydrogen-bond acceptors (Lipinski definition) is 4. The highest BCUT2D eigenvalue weighted by Crippen LogP contribution is 2.47. The smallest absolute Gasteiger partial charge is 0.160 e. The minimum atomic E-state index is 0.00954. The molecule has 3 atom stereocenters. The lowest BCUT2D eigenvalue weighted by Crippen LogP contribution is -2.30. The second-order valence-corrected chi connectivity index (χ2v) is 9.38. The monoisotopic (exact) mass is 410 g/mol. The van der Waals surface area contributed by atoms with Crippen LogP contribution in [0.4, 0.5) is 0 Å². The molecule has 0 aliphatic carbocycles. The Morgan fingerprint density at radius 3 is 2.67 bits per heavy atom. The molecule has 0 bridgehead atoms. The molecule has 4 aromatic rings. The van der Waals surface area contributed by atoms with E-state index in [-0.39, 0.29) is 12.1 Å². The summed E-state index contributed by atoms with van der Waals surface area (Å²) >= 11 is 1.88. The number of hydrogen-bond donors (Lipinski definition) is 0. The molecular weight excluding hydrogens is 388 g/mol. The van der Waals surface area contributed by atoms with E-state index in [1.807, 2.05) is 24.0 Å². The van der Waals surface area contributed by atoms with Gasteiger partial charge in [0.1, 0.15) is 6.04 Å². The van der Waals surface area contributed by atoms with E-state index in [0.29, 0.717) is 5.25 Å². The number of fused-ring (bicyclic) bond motifs is 2. The third-order valence-electron chi connectivity index (χ3n) is 5.98. The molecule has 1 fully saturated rings. The number of thioether (sulfide) groups is 1. The zero-order chi connectivity index (χ0) is 20.1. The van der Waals surface area contributed by atoms with Crippen LogP contribution in [0.15, 0.2) is 90.2 Å². The Bertz CT molecular complexity index is 1250. The first-order valence-electron chi connectivity index (χ1n) is 10.4. The summed E-state index contributed by atoms with van der Waals surface area (Å²) in [7, 11) is 0. The van der Waals surface area contributed by atoms with Gasteiger partial charge in [0.15, 0.2) is 5.17 Å². The van der Waals surface area contributed by atoms with Crippen molar-refractivity contribution in [3.8, 4) is 5.69 Å². The highest BCUT2D eigenvalue weighted by molar-refractivity contribution is 8.14. The SMILES string of the molecule is C[C@@H]1CN2C(=N[C@H](c3ccccn3)[C@@H]2c2cccn2-c2ccc3ccccc3c2)S1. The molecule has 0 saturated carbocycles. The first-order chi connectivity index (χ1) is 14.8. The van der Waals surface area contributed by atoms with Gasteiger partial charge in [-0.2, -0.15) is 0 Å². The summed E-state index contributed by atoms with van der Waals surface area (Å²) < 4.78 is 2.32. The van der Waals surface area contributed by atoms with E-state index >= 15 is 0 Å². The summed E-state index contributed by atoms with van der Waals surface area (Å²) in [6, 6.07) is 25.9. The van der Waals surface area contributed by atoms with Crippen LogP contribution in [0.25, 0.3) is 16.5 Å². The van der Waals surface area contributed by atoms with E-state index in [1.54, 1.807) is 0 Å². The van der Waals surface area contributed by atoms with E-state index in [9.17, 15) is 0 Å². The molecule has 2 aliphatic rings. The predicted octanol–water partition coefficient (Wildman–Crippen LogP) is 5.61. The summed E-state index contributed by atoms with van der Waals surface area (Å²) in [5.74, 6) is 0. The fourth-order valence-electron chi connectivity index (χ4n) is 4.63. The van der Waals surface area contributed by atoms with Gasteiger partial charge < -0.3 is 9.47 Å². The standard InChI is InChI=1S/C25H22N4S/c1-17-16-29-24(23(27-25(29)30-17)21-9-4-5-13-26-21)22-10-6-14-28(22)20-12-11-18-7-2-3-8-19(18)15-20/h2-15,17,23-24H,16H2,1H3/t17-,23-,24+/m1/s1. The second kappa shape index (κ2) is 7.03. The van der Waals surface area contributed by atoms with Gasteiger partial charge in [0.2, 0.25) is 0 Å². The van der Waals surface area contributed by atoms with Crippen LogP contribution in [0.2, 0.25) is 0 Å². The molecule has 0 radical (unpaired) electrons. The van der Waals surface area contributed by atoms with Crippen LogP contribution in [0.1, 0.15) is 30.4 Å². The molecule has 148 valence electrons. The van der Waals surface area contributed by atoms with Gasteiger partial charge in [-0.3, -0.25) is 9.98 Å². The molecule has 2 aromatic heterocycles. The summed E-state index contributed by atoms with van der Waals surface area (Å²) in [4.78, 5) is 12.3. The molecule has 4 nitrogen and oxygen atoms in total. The van der Waals surface area contributed by atoms with Crippen molar-refractivity contribution in [2.24, 2.45) is 4.99 Å². The van der Waals surface area contributed by atoms with Gasteiger partial charge in [0, 0.05) is 35.6 Å². The van der Waals surface area contributed by atoms with Gasteiger partial charge in [0.05, 0.1) is 11.7 Å². The molecule has 0 amide bonds. The summed E-state index contributed by atoms with van der Waals surface area (Å²) in [5.41, 5.74) is 3.47. The summed E-state index contributed by atoms with van der Waals surface area (Å²) in [6.45, 7) is 3.29. The van der Waals surface area contributed by atoms with Gasteiger partial charge in [-0.25, -0.2) is 0 Å². The minimum absolute atomic E-state index is 0.00954. The average Bonchev–Trinajstić information content (AvgIpc) is 3.48. The average molecular weight is 411 g/mol. The Balaban J connectivity index is 1.47. The topological polar surface area (TPSA) is 33.4 Å². The van der Waals surface area contributed by atoms with Crippen molar-refractivity contribution in [3.63, 3.8) is 0 Å². The Kier molecular flexibility index (Phi) is 4.16. The van der Waals surface area contributed by atoms with Crippen LogP contribution < -0.4 is 0 Å². The van der Waals surface area contributed by atoms with E-state index in [0.717, 1.165) is 17.4 Å². The van der Waals surface area contributed by atoms with Crippen molar-refractivity contribution in [2.45, 2.75) is 24.3 Å². The minimum Gasteiger partial charge on any atom is -0.339 e. The molecule has 0 spiro atoms. The Morgan fingerprint density at radius 2 is 1.80 bits per heavy atom. The van der Waals surface area contributed by atoms with Crippen LogP contribution in [-0.4, -0.2) is 31.4 Å². The molecule has 0 N–H and O–H groups in total. The van der Waals surface area contributed by atoms with Crippen molar-refractivity contribution in [1.82, 2.24) is 14.5 Å². The van der Waals surface area contributed by atoms with E-state index in [2.05, 4.69) is 94.3 Å². The first kappa shape index (κ1) is 17.8. The van der Waals surface area contributed by atoms with Gasteiger partial charge >= 0.3 is 0 Å². The molecule has 30 heavy (non-hydrogen) atoms. The second-order valence-electron chi connectivity index (χ2n) is 7.97. The lowest BCUT2D eigenvalue weighted by atomic mass is 10.0.